The average Bonchev–Trinajstić information content (AvgIpc) is 2.41. The van der Waals surface area contributed by atoms with E-state index in [1.807, 2.05) is 0 Å². The molecule has 100 valence electrons. The third kappa shape index (κ3) is 3.66. The van der Waals surface area contributed by atoms with Crippen molar-refractivity contribution >= 4 is 5.91 Å². The first kappa shape index (κ1) is 16.3. The van der Waals surface area contributed by atoms with Crippen molar-refractivity contribution in [1.29, 1.82) is 0 Å². The summed E-state index contributed by atoms with van der Waals surface area (Å²) >= 11 is 0. The normalized spacial score (nSPS) is 14.9. The van der Waals surface area contributed by atoms with Gasteiger partial charge in [0.25, 0.3) is 0 Å². The quantitative estimate of drug-likeness (QED) is 0.369. The highest BCUT2D eigenvalue weighted by Gasteiger charge is 2.27. The van der Waals surface area contributed by atoms with Crippen LogP contribution in [0.1, 0.15) is 0 Å². The lowest BCUT2D eigenvalue weighted by Gasteiger charge is -2.22. The van der Waals surface area contributed by atoms with Gasteiger partial charge in [-0.25, -0.2) is 0 Å². The first-order valence-corrected chi connectivity index (χ1v) is 5.32. The number of aliphatic hydroxyl groups excluding tert-OH is 3. The number of amides is 1. The van der Waals surface area contributed by atoms with Crippen LogP contribution in [-0.2, 0) is 4.79 Å². The molecule has 18 heavy (non-hydrogen) atoms. The molecular weight excluding hydrogens is 234 g/mol. The predicted octanol–water partition coefficient (Wildman–Crippen LogP) is -0.330. The Hall–Kier alpha value is -1.69. The minimum Gasteiger partial charge on any atom is -0.385 e. The van der Waals surface area contributed by atoms with Gasteiger partial charge in [0, 0.05) is 12.6 Å². The van der Waals surface area contributed by atoms with Gasteiger partial charge in [0.15, 0.2) is 0 Å². The average molecular weight is 253 g/mol. The van der Waals surface area contributed by atoms with Gasteiger partial charge in [0.1, 0.15) is 6.10 Å². The molecule has 0 rings (SSSR count). The van der Waals surface area contributed by atoms with Gasteiger partial charge >= 0.3 is 0 Å². The SMILES string of the molecule is C=CC(O)C(C(=O)NC)=C(C(O)C=C)C(O)C=C. The molecule has 0 aromatic carbocycles. The standard InChI is InChI=1S/C13H19NO4/c1-5-8(15)11(9(16)6-2)12(10(17)7-3)13(18)14-4/h5-10,15-17H,1-3H2,4H3,(H,14,18). The monoisotopic (exact) mass is 253 g/mol. The van der Waals surface area contributed by atoms with Crippen molar-refractivity contribution in [3.05, 3.63) is 49.1 Å². The Morgan fingerprint density at radius 1 is 1.00 bits per heavy atom. The van der Waals surface area contributed by atoms with Gasteiger partial charge in [0.2, 0.25) is 5.91 Å². The smallest absolute Gasteiger partial charge is 0.250 e. The number of carbonyl (C=O) groups excluding carboxylic acids is 1. The molecular formula is C13H19NO4. The van der Waals surface area contributed by atoms with Crippen molar-refractivity contribution in [1.82, 2.24) is 5.32 Å². The highest BCUT2D eigenvalue weighted by molar-refractivity contribution is 5.95. The lowest BCUT2D eigenvalue weighted by molar-refractivity contribution is -0.118. The number of aliphatic hydroxyl groups is 3. The summed E-state index contributed by atoms with van der Waals surface area (Å²) in [6.07, 6.45) is -0.471. The zero-order valence-electron chi connectivity index (χ0n) is 10.3. The second-order valence-electron chi connectivity index (χ2n) is 3.49. The van der Waals surface area contributed by atoms with Gasteiger partial charge < -0.3 is 20.6 Å². The fraction of sp³-hybridized carbons (Fsp3) is 0.308. The Balaban J connectivity index is 5.97. The van der Waals surface area contributed by atoms with Crippen LogP contribution in [0, 0.1) is 0 Å². The van der Waals surface area contributed by atoms with E-state index in [2.05, 4.69) is 25.1 Å². The molecule has 4 N–H and O–H groups in total. The van der Waals surface area contributed by atoms with Crippen LogP contribution in [0.3, 0.4) is 0 Å². The number of carbonyl (C=O) groups is 1. The van der Waals surface area contributed by atoms with E-state index in [1.54, 1.807) is 0 Å². The summed E-state index contributed by atoms with van der Waals surface area (Å²) in [5.74, 6) is -0.626. The zero-order valence-corrected chi connectivity index (χ0v) is 10.3. The summed E-state index contributed by atoms with van der Waals surface area (Å²) in [5, 5.41) is 31.6. The van der Waals surface area contributed by atoms with Gasteiger partial charge in [-0.2, -0.15) is 0 Å². The second kappa shape index (κ2) is 7.60. The fourth-order valence-corrected chi connectivity index (χ4v) is 1.44. The van der Waals surface area contributed by atoms with Gasteiger partial charge in [-0.3, -0.25) is 4.79 Å². The maximum atomic E-state index is 11.7. The van der Waals surface area contributed by atoms with Crippen LogP contribution in [0.25, 0.3) is 0 Å². The second-order valence-corrected chi connectivity index (χ2v) is 3.49. The molecule has 3 atom stereocenters. The van der Waals surface area contributed by atoms with E-state index in [9.17, 15) is 20.1 Å². The topological polar surface area (TPSA) is 89.8 Å². The molecule has 0 aromatic rings. The molecule has 0 fully saturated rings. The lowest BCUT2D eigenvalue weighted by atomic mass is 9.93. The van der Waals surface area contributed by atoms with E-state index in [-0.39, 0.29) is 11.1 Å². The molecule has 0 radical (unpaired) electrons. The Kier molecular flexibility index (Phi) is 6.89. The number of likely N-dealkylation sites (N-methyl/N-ethyl adjacent to an activating group) is 1. The van der Waals surface area contributed by atoms with Crippen molar-refractivity contribution in [2.75, 3.05) is 7.05 Å². The zero-order chi connectivity index (χ0) is 14.3. The van der Waals surface area contributed by atoms with Crippen LogP contribution < -0.4 is 5.32 Å². The molecule has 0 aliphatic carbocycles. The Labute approximate surface area is 106 Å². The Bertz CT molecular complexity index is 357. The van der Waals surface area contributed by atoms with Gasteiger partial charge in [-0.1, -0.05) is 18.2 Å². The molecule has 0 aromatic heterocycles. The minimum absolute atomic E-state index is 0.0771. The fourth-order valence-electron chi connectivity index (χ4n) is 1.44. The third-order valence-corrected chi connectivity index (χ3v) is 2.39. The maximum absolute atomic E-state index is 11.7. The number of hydrogen-bond donors (Lipinski definition) is 4. The summed E-state index contributed by atoms with van der Waals surface area (Å²) in [5.41, 5.74) is -0.251. The molecule has 3 unspecified atom stereocenters. The van der Waals surface area contributed by atoms with E-state index in [1.165, 1.54) is 7.05 Å². The van der Waals surface area contributed by atoms with Crippen LogP contribution in [0.2, 0.25) is 0 Å². The van der Waals surface area contributed by atoms with Crippen LogP contribution in [0.4, 0.5) is 0 Å². The molecule has 5 heteroatoms. The van der Waals surface area contributed by atoms with E-state index in [0.29, 0.717) is 0 Å². The largest absolute Gasteiger partial charge is 0.385 e. The van der Waals surface area contributed by atoms with Crippen molar-refractivity contribution in [2.45, 2.75) is 18.3 Å². The lowest BCUT2D eigenvalue weighted by Crippen LogP contribution is -2.33. The van der Waals surface area contributed by atoms with Crippen molar-refractivity contribution in [2.24, 2.45) is 0 Å². The number of hydrogen-bond acceptors (Lipinski definition) is 4. The first-order chi connectivity index (χ1) is 8.44. The van der Waals surface area contributed by atoms with Crippen molar-refractivity contribution in [3.63, 3.8) is 0 Å². The Morgan fingerprint density at radius 3 is 1.67 bits per heavy atom. The van der Waals surface area contributed by atoms with E-state index in [0.717, 1.165) is 18.2 Å². The highest BCUT2D eigenvalue weighted by atomic mass is 16.3. The van der Waals surface area contributed by atoms with Gasteiger partial charge in [0.05, 0.1) is 17.8 Å². The van der Waals surface area contributed by atoms with Crippen molar-refractivity contribution < 1.29 is 20.1 Å². The highest BCUT2D eigenvalue weighted by Crippen LogP contribution is 2.20. The summed E-state index contributed by atoms with van der Waals surface area (Å²) in [6, 6.07) is 0. The van der Waals surface area contributed by atoms with E-state index >= 15 is 0 Å². The minimum atomic E-state index is -1.32. The molecule has 0 saturated heterocycles. The number of nitrogens with one attached hydrogen (secondary N) is 1. The Morgan fingerprint density at radius 2 is 1.39 bits per heavy atom. The maximum Gasteiger partial charge on any atom is 0.250 e. The molecule has 0 saturated carbocycles. The molecule has 0 aliphatic heterocycles. The molecule has 0 heterocycles. The molecule has 0 aliphatic rings. The summed E-state index contributed by atoms with van der Waals surface area (Å²) in [6.45, 7) is 10.1. The van der Waals surface area contributed by atoms with Crippen LogP contribution >= 0.6 is 0 Å². The molecule has 0 bridgehead atoms. The summed E-state index contributed by atoms with van der Waals surface area (Å²) in [7, 11) is 1.37. The number of rotatable bonds is 7. The first-order valence-electron chi connectivity index (χ1n) is 5.32. The third-order valence-electron chi connectivity index (χ3n) is 2.39. The van der Waals surface area contributed by atoms with E-state index < -0.39 is 24.2 Å². The summed E-state index contributed by atoms with van der Waals surface area (Å²) in [4.78, 5) is 11.7. The summed E-state index contributed by atoms with van der Waals surface area (Å²) < 4.78 is 0. The van der Waals surface area contributed by atoms with Gasteiger partial charge in [-0.05, 0) is 0 Å². The predicted molar refractivity (Wildman–Crippen MR) is 69.7 cm³/mol. The van der Waals surface area contributed by atoms with Crippen LogP contribution in [-0.4, -0.2) is 46.6 Å². The van der Waals surface area contributed by atoms with Gasteiger partial charge in [-0.15, -0.1) is 19.7 Å². The van der Waals surface area contributed by atoms with E-state index in [4.69, 9.17) is 0 Å². The van der Waals surface area contributed by atoms with Crippen LogP contribution in [0.15, 0.2) is 49.1 Å². The van der Waals surface area contributed by atoms with Crippen LogP contribution in [0.5, 0.6) is 0 Å². The molecule has 0 spiro atoms. The van der Waals surface area contributed by atoms with Crippen molar-refractivity contribution in [3.8, 4) is 0 Å². The molecule has 5 nitrogen and oxygen atoms in total. The molecule has 1 amide bonds.